The lowest BCUT2D eigenvalue weighted by atomic mass is 10.1. The van der Waals surface area contributed by atoms with Crippen LogP contribution in [0.5, 0.6) is 0 Å². The molecule has 0 spiro atoms. The molecule has 0 unspecified atom stereocenters. The van der Waals surface area contributed by atoms with E-state index in [1.54, 1.807) is 0 Å². The predicted molar refractivity (Wildman–Crippen MR) is 69.4 cm³/mol. The standard InChI is InChI=1S/C14H28O4/c1-5-7-9-11-13(3)15-17-14(4,18-16-13)12-10-8-6-2/h5-12H2,1-4H3. The van der Waals surface area contributed by atoms with Crippen LogP contribution in [0.2, 0.25) is 0 Å². The molecule has 18 heavy (non-hydrogen) atoms. The lowest BCUT2D eigenvalue weighted by molar-refractivity contribution is -0.652. The second-order valence-corrected chi connectivity index (χ2v) is 5.52. The van der Waals surface area contributed by atoms with Crippen LogP contribution in [0.25, 0.3) is 0 Å². The molecule has 0 bridgehead atoms. The van der Waals surface area contributed by atoms with E-state index in [1.165, 1.54) is 12.8 Å². The van der Waals surface area contributed by atoms with Gasteiger partial charge in [-0.2, -0.15) is 19.6 Å². The van der Waals surface area contributed by atoms with Crippen molar-refractivity contribution >= 4 is 0 Å². The van der Waals surface area contributed by atoms with Gasteiger partial charge in [0.1, 0.15) is 0 Å². The monoisotopic (exact) mass is 260 g/mol. The van der Waals surface area contributed by atoms with Crippen molar-refractivity contribution in [3.05, 3.63) is 0 Å². The maximum Gasteiger partial charge on any atom is 0.231 e. The molecule has 0 atom stereocenters. The van der Waals surface area contributed by atoms with Gasteiger partial charge in [0.15, 0.2) is 0 Å². The first-order valence-corrected chi connectivity index (χ1v) is 7.27. The number of hydrogen-bond acceptors (Lipinski definition) is 4. The van der Waals surface area contributed by atoms with Crippen molar-refractivity contribution in [2.75, 3.05) is 0 Å². The predicted octanol–water partition coefficient (Wildman–Crippen LogP) is 4.49. The van der Waals surface area contributed by atoms with Crippen molar-refractivity contribution in [3.8, 4) is 0 Å². The minimum absolute atomic E-state index is 0.764. The van der Waals surface area contributed by atoms with Crippen LogP contribution >= 0.6 is 0 Å². The Morgan fingerprint density at radius 2 is 0.944 bits per heavy atom. The molecule has 0 radical (unpaired) electrons. The molecule has 0 aromatic carbocycles. The molecule has 0 aromatic heterocycles. The summed E-state index contributed by atoms with van der Waals surface area (Å²) in [6, 6.07) is 0. The third kappa shape index (κ3) is 5.22. The van der Waals surface area contributed by atoms with E-state index in [4.69, 9.17) is 19.6 Å². The van der Waals surface area contributed by atoms with Crippen LogP contribution in [0.1, 0.15) is 79.1 Å². The molecule has 1 saturated heterocycles. The zero-order valence-corrected chi connectivity index (χ0v) is 12.3. The SMILES string of the molecule is CCCCCC1(C)OOC(C)(CCCCC)OO1. The molecular weight excluding hydrogens is 232 g/mol. The summed E-state index contributed by atoms with van der Waals surface area (Å²) in [5.74, 6) is -1.53. The van der Waals surface area contributed by atoms with Gasteiger partial charge in [-0.3, -0.25) is 0 Å². The molecule has 0 amide bonds. The van der Waals surface area contributed by atoms with E-state index in [1.807, 2.05) is 13.8 Å². The fourth-order valence-electron chi connectivity index (χ4n) is 1.94. The lowest BCUT2D eigenvalue weighted by Gasteiger charge is -2.39. The fourth-order valence-corrected chi connectivity index (χ4v) is 1.94. The Hall–Kier alpha value is -0.160. The Labute approximate surface area is 111 Å². The van der Waals surface area contributed by atoms with Crippen molar-refractivity contribution in [2.24, 2.45) is 0 Å². The molecule has 0 saturated carbocycles. The highest BCUT2D eigenvalue weighted by molar-refractivity contribution is 4.66. The Morgan fingerprint density at radius 1 is 0.611 bits per heavy atom. The van der Waals surface area contributed by atoms with Crippen LogP contribution in [-0.2, 0) is 19.6 Å². The van der Waals surface area contributed by atoms with Crippen molar-refractivity contribution in [2.45, 2.75) is 90.6 Å². The topological polar surface area (TPSA) is 36.9 Å². The average Bonchev–Trinajstić information content (AvgIpc) is 2.35. The van der Waals surface area contributed by atoms with Gasteiger partial charge in [0.05, 0.1) is 0 Å². The van der Waals surface area contributed by atoms with Gasteiger partial charge in [-0.1, -0.05) is 39.5 Å². The second kappa shape index (κ2) is 7.43. The molecule has 1 aliphatic heterocycles. The molecule has 4 nitrogen and oxygen atoms in total. The molecule has 0 aliphatic carbocycles. The van der Waals surface area contributed by atoms with Gasteiger partial charge in [-0.25, -0.2) is 0 Å². The highest BCUT2D eigenvalue weighted by Gasteiger charge is 2.42. The molecular formula is C14H28O4. The molecule has 108 valence electrons. The second-order valence-electron chi connectivity index (χ2n) is 5.52. The van der Waals surface area contributed by atoms with Gasteiger partial charge in [0.25, 0.3) is 0 Å². The van der Waals surface area contributed by atoms with Crippen LogP contribution in [0.3, 0.4) is 0 Å². The van der Waals surface area contributed by atoms with Gasteiger partial charge >= 0.3 is 0 Å². The van der Waals surface area contributed by atoms with E-state index >= 15 is 0 Å². The first-order chi connectivity index (χ1) is 8.54. The molecule has 1 fully saturated rings. The third-order valence-electron chi connectivity index (χ3n) is 3.26. The van der Waals surface area contributed by atoms with E-state index < -0.39 is 11.6 Å². The normalized spacial score (nSPS) is 32.7. The molecule has 1 heterocycles. The highest BCUT2D eigenvalue weighted by Crippen LogP contribution is 2.34. The highest BCUT2D eigenvalue weighted by atomic mass is 17.4. The third-order valence-corrected chi connectivity index (χ3v) is 3.26. The summed E-state index contributed by atoms with van der Waals surface area (Å²) >= 11 is 0. The minimum Gasteiger partial charge on any atom is -0.195 e. The maximum absolute atomic E-state index is 5.41. The summed E-state index contributed by atoms with van der Waals surface area (Å²) in [5.41, 5.74) is 0. The quantitative estimate of drug-likeness (QED) is 0.476. The van der Waals surface area contributed by atoms with Crippen molar-refractivity contribution in [3.63, 3.8) is 0 Å². The van der Waals surface area contributed by atoms with Crippen LogP contribution in [0.4, 0.5) is 0 Å². The van der Waals surface area contributed by atoms with Crippen molar-refractivity contribution in [1.82, 2.24) is 0 Å². The van der Waals surface area contributed by atoms with Crippen LogP contribution in [0, 0.1) is 0 Å². The van der Waals surface area contributed by atoms with E-state index in [-0.39, 0.29) is 0 Å². The number of unbranched alkanes of at least 4 members (excludes halogenated alkanes) is 4. The van der Waals surface area contributed by atoms with E-state index in [0.29, 0.717) is 0 Å². The Bertz CT molecular complexity index is 198. The summed E-state index contributed by atoms with van der Waals surface area (Å²) in [7, 11) is 0. The Balaban J connectivity index is 2.29. The largest absolute Gasteiger partial charge is 0.231 e. The van der Waals surface area contributed by atoms with E-state index in [9.17, 15) is 0 Å². The van der Waals surface area contributed by atoms with Crippen LogP contribution in [0.15, 0.2) is 0 Å². The average molecular weight is 260 g/mol. The zero-order valence-electron chi connectivity index (χ0n) is 12.3. The zero-order chi connectivity index (χ0) is 13.5. The summed E-state index contributed by atoms with van der Waals surface area (Å²) in [4.78, 5) is 21.6. The van der Waals surface area contributed by atoms with E-state index in [2.05, 4.69) is 13.8 Å². The summed E-state index contributed by atoms with van der Waals surface area (Å²) in [6.45, 7) is 8.05. The molecule has 1 aliphatic rings. The molecule has 0 N–H and O–H groups in total. The Kier molecular flexibility index (Phi) is 6.57. The van der Waals surface area contributed by atoms with Crippen molar-refractivity contribution in [1.29, 1.82) is 0 Å². The first kappa shape index (κ1) is 15.9. The first-order valence-electron chi connectivity index (χ1n) is 7.27. The van der Waals surface area contributed by atoms with Gasteiger partial charge < -0.3 is 0 Å². The molecule has 4 heteroatoms. The fraction of sp³-hybridized carbons (Fsp3) is 1.00. The molecule has 0 aromatic rings. The summed E-state index contributed by atoms with van der Waals surface area (Å²) in [5, 5.41) is 0. The minimum atomic E-state index is -0.764. The van der Waals surface area contributed by atoms with Gasteiger partial charge in [0, 0.05) is 12.8 Å². The Morgan fingerprint density at radius 3 is 1.22 bits per heavy atom. The summed E-state index contributed by atoms with van der Waals surface area (Å²) in [6.07, 6.45) is 8.33. The lowest BCUT2D eigenvalue weighted by Crippen LogP contribution is -2.47. The van der Waals surface area contributed by atoms with Crippen molar-refractivity contribution < 1.29 is 19.6 Å². The van der Waals surface area contributed by atoms with Gasteiger partial charge in [-0.05, 0) is 26.7 Å². The van der Waals surface area contributed by atoms with E-state index in [0.717, 1.165) is 38.5 Å². The smallest absolute Gasteiger partial charge is 0.195 e. The number of hydrogen-bond donors (Lipinski definition) is 0. The van der Waals surface area contributed by atoms with Crippen LogP contribution < -0.4 is 0 Å². The number of rotatable bonds is 8. The molecule has 1 rings (SSSR count). The van der Waals surface area contributed by atoms with Gasteiger partial charge in [0.2, 0.25) is 11.6 Å². The maximum atomic E-state index is 5.41. The van der Waals surface area contributed by atoms with Gasteiger partial charge in [-0.15, -0.1) is 0 Å². The van der Waals surface area contributed by atoms with Crippen LogP contribution in [-0.4, -0.2) is 11.6 Å². The summed E-state index contributed by atoms with van der Waals surface area (Å²) < 4.78 is 0.